The maximum absolute atomic E-state index is 12.9. The van der Waals surface area contributed by atoms with Crippen molar-refractivity contribution in [2.24, 2.45) is 0 Å². The minimum absolute atomic E-state index is 0.317. The number of anilines is 1. The molecule has 1 amide bonds. The van der Waals surface area contributed by atoms with Crippen LogP contribution in [0.3, 0.4) is 0 Å². The van der Waals surface area contributed by atoms with Crippen LogP contribution in [0.2, 0.25) is 0 Å². The fourth-order valence-corrected chi connectivity index (χ4v) is 2.35. The molecule has 0 bridgehead atoms. The number of benzene rings is 2. The number of fused-ring (bicyclic) bond motifs is 1. The predicted molar refractivity (Wildman–Crippen MR) is 82.4 cm³/mol. The standard InChI is InChI=1S/C17H16FNO4/c1-10(20)13-8-15-16(23-7-6-22-15)9-14(13)19-17(21)11-2-4-12(18)5-3-11/h2-5,8-10,20H,6-7H2,1H3,(H,19,21). The number of aliphatic hydroxyl groups excluding tert-OH is 1. The molecular weight excluding hydrogens is 301 g/mol. The van der Waals surface area contributed by atoms with E-state index in [0.29, 0.717) is 41.5 Å². The van der Waals surface area contributed by atoms with E-state index in [9.17, 15) is 14.3 Å². The van der Waals surface area contributed by atoms with E-state index in [1.54, 1.807) is 19.1 Å². The van der Waals surface area contributed by atoms with Crippen LogP contribution in [-0.2, 0) is 0 Å². The second kappa shape index (κ2) is 6.26. The molecule has 5 nitrogen and oxygen atoms in total. The van der Waals surface area contributed by atoms with Gasteiger partial charge < -0.3 is 19.9 Å². The molecule has 1 aliphatic heterocycles. The summed E-state index contributed by atoms with van der Waals surface area (Å²) in [5, 5.41) is 12.6. The zero-order valence-corrected chi connectivity index (χ0v) is 12.5. The number of halogens is 1. The summed E-state index contributed by atoms with van der Waals surface area (Å²) in [6.45, 7) is 2.46. The average Bonchev–Trinajstić information content (AvgIpc) is 2.54. The molecule has 1 aliphatic rings. The zero-order valence-electron chi connectivity index (χ0n) is 12.5. The van der Waals surface area contributed by atoms with Crippen molar-refractivity contribution >= 4 is 11.6 Å². The van der Waals surface area contributed by atoms with Crippen LogP contribution < -0.4 is 14.8 Å². The number of ether oxygens (including phenoxy) is 2. The Bertz CT molecular complexity index is 728. The molecule has 0 saturated heterocycles. The summed E-state index contributed by atoms with van der Waals surface area (Å²) in [5.41, 5.74) is 1.26. The normalized spacial score (nSPS) is 14.2. The molecule has 6 heteroatoms. The van der Waals surface area contributed by atoms with Gasteiger partial charge >= 0.3 is 0 Å². The van der Waals surface area contributed by atoms with Crippen molar-refractivity contribution in [3.8, 4) is 11.5 Å². The highest BCUT2D eigenvalue weighted by atomic mass is 19.1. The van der Waals surface area contributed by atoms with Crippen molar-refractivity contribution in [2.45, 2.75) is 13.0 Å². The smallest absolute Gasteiger partial charge is 0.255 e. The largest absolute Gasteiger partial charge is 0.486 e. The van der Waals surface area contributed by atoms with E-state index in [0.717, 1.165) is 0 Å². The lowest BCUT2D eigenvalue weighted by Gasteiger charge is -2.22. The van der Waals surface area contributed by atoms with E-state index in [1.807, 2.05) is 0 Å². The van der Waals surface area contributed by atoms with Crippen LogP contribution in [-0.4, -0.2) is 24.2 Å². The summed E-state index contributed by atoms with van der Waals surface area (Å²) in [6, 6.07) is 8.50. The number of hydrogen-bond donors (Lipinski definition) is 2. The number of rotatable bonds is 3. The number of aliphatic hydroxyl groups is 1. The number of hydrogen-bond acceptors (Lipinski definition) is 4. The average molecular weight is 317 g/mol. The van der Waals surface area contributed by atoms with Crippen molar-refractivity contribution in [3.05, 3.63) is 53.3 Å². The first-order chi connectivity index (χ1) is 11.0. The van der Waals surface area contributed by atoms with Gasteiger partial charge in [-0.2, -0.15) is 0 Å². The van der Waals surface area contributed by atoms with Gasteiger partial charge in [0.05, 0.1) is 11.8 Å². The molecule has 23 heavy (non-hydrogen) atoms. The van der Waals surface area contributed by atoms with Gasteiger partial charge in [0.2, 0.25) is 0 Å². The van der Waals surface area contributed by atoms with Crippen LogP contribution in [0.15, 0.2) is 36.4 Å². The van der Waals surface area contributed by atoms with Gasteiger partial charge in [-0.1, -0.05) is 0 Å². The lowest BCUT2D eigenvalue weighted by Crippen LogP contribution is -2.18. The van der Waals surface area contributed by atoms with Crippen LogP contribution >= 0.6 is 0 Å². The Kier molecular flexibility index (Phi) is 4.16. The summed E-state index contributed by atoms with van der Waals surface area (Å²) in [5.74, 6) is 0.233. The van der Waals surface area contributed by atoms with E-state index in [4.69, 9.17) is 9.47 Å². The molecule has 1 unspecified atom stereocenters. The predicted octanol–water partition coefficient (Wildman–Crippen LogP) is 2.90. The molecule has 0 aliphatic carbocycles. The Hall–Kier alpha value is -2.60. The van der Waals surface area contributed by atoms with Crippen molar-refractivity contribution in [2.75, 3.05) is 18.5 Å². The van der Waals surface area contributed by atoms with Gasteiger partial charge in [0.1, 0.15) is 19.0 Å². The summed E-state index contributed by atoms with van der Waals surface area (Å²) >= 11 is 0. The van der Waals surface area contributed by atoms with E-state index < -0.39 is 17.8 Å². The summed E-state index contributed by atoms with van der Waals surface area (Å²) < 4.78 is 23.9. The topological polar surface area (TPSA) is 67.8 Å². The first kappa shape index (κ1) is 15.3. The third-order valence-electron chi connectivity index (χ3n) is 3.52. The molecule has 2 N–H and O–H groups in total. The first-order valence-corrected chi connectivity index (χ1v) is 7.23. The second-order valence-electron chi connectivity index (χ2n) is 5.22. The highest BCUT2D eigenvalue weighted by Crippen LogP contribution is 2.38. The molecule has 1 heterocycles. The molecule has 0 saturated carbocycles. The molecular formula is C17H16FNO4. The molecule has 0 spiro atoms. The van der Waals surface area contributed by atoms with Gasteiger partial charge in [0.25, 0.3) is 5.91 Å². The lowest BCUT2D eigenvalue weighted by molar-refractivity contribution is 0.102. The van der Waals surface area contributed by atoms with E-state index in [1.165, 1.54) is 24.3 Å². The van der Waals surface area contributed by atoms with E-state index in [-0.39, 0.29) is 0 Å². The summed E-state index contributed by atoms with van der Waals surface area (Å²) in [7, 11) is 0. The van der Waals surface area contributed by atoms with Crippen LogP contribution in [0.1, 0.15) is 28.9 Å². The van der Waals surface area contributed by atoms with Crippen molar-refractivity contribution in [3.63, 3.8) is 0 Å². The van der Waals surface area contributed by atoms with Crippen LogP contribution in [0.5, 0.6) is 11.5 Å². The van der Waals surface area contributed by atoms with Gasteiger partial charge in [0, 0.05) is 17.2 Å². The number of amides is 1. The second-order valence-corrected chi connectivity index (χ2v) is 5.22. The van der Waals surface area contributed by atoms with Crippen LogP contribution in [0.4, 0.5) is 10.1 Å². The highest BCUT2D eigenvalue weighted by Gasteiger charge is 2.19. The number of nitrogens with one attached hydrogen (secondary N) is 1. The molecule has 0 fully saturated rings. The fraction of sp³-hybridized carbons (Fsp3) is 0.235. The van der Waals surface area contributed by atoms with Crippen molar-refractivity contribution in [1.82, 2.24) is 0 Å². The Labute approximate surface area is 132 Å². The zero-order chi connectivity index (χ0) is 16.4. The van der Waals surface area contributed by atoms with Gasteiger partial charge in [-0.3, -0.25) is 4.79 Å². The Balaban J connectivity index is 1.91. The Morgan fingerprint density at radius 2 is 1.78 bits per heavy atom. The quantitative estimate of drug-likeness (QED) is 0.913. The van der Waals surface area contributed by atoms with E-state index in [2.05, 4.69) is 5.32 Å². The van der Waals surface area contributed by atoms with Crippen LogP contribution in [0.25, 0.3) is 0 Å². The van der Waals surface area contributed by atoms with E-state index >= 15 is 0 Å². The summed E-state index contributed by atoms with van der Waals surface area (Å²) in [4.78, 5) is 12.3. The Morgan fingerprint density at radius 3 is 2.39 bits per heavy atom. The first-order valence-electron chi connectivity index (χ1n) is 7.23. The molecule has 0 radical (unpaired) electrons. The van der Waals surface area contributed by atoms with Crippen LogP contribution in [0, 0.1) is 5.82 Å². The minimum Gasteiger partial charge on any atom is -0.486 e. The lowest BCUT2D eigenvalue weighted by atomic mass is 10.1. The highest BCUT2D eigenvalue weighted by molar-refractivity contribution is 6.04. The molecule has 1 atom stereocenters. The molecule has 2 aromatic rings. The van der Waals surface area contributed by atoms with Gasteiger partial charge in [-0.25, -0.2) is 4.39 Å². The molecule has 3 rings (SSSR count). The van der Waals surface area contributed by atoms with Gasteiger partial charge in [-0.15, -0.1) is 0 Å². The number of carbonyl (C=O) groups is 1. The van der Waals surface area contributed by atoms with Gasteiger partial charge in [0.15, 0.2) is 11.5 Å². The van der Waals surface area contributed by atoms with Gasteiger partial charge in [-0.05, 0) is 37.3 Å². The monoisotopic (exact) mass is 317 g/mol. The SMILES string of the molecule is CC(O)c1cc2c(cc1NC(=O)c1ccc(F)cc1)OCCO2. The molecule has 2 aromatic carbocycles. The molecule has 0 aromatic heterocycles. The maximum atomic E-state index is 12.9. The number of carbonyl (C=O) groups excluding carboxylic acids is 1. The fourth-order valence-electron chi connectivity index (χ4n) is 2.35. The van der Waals surface area contributed by atoms with Crippen molar-refractivity contribution < 1.29 is 23.8 Å². The van der Waals surface area contributed by atoms with Crippen molar-refractivity contribution in [1.29, 1.82) is 0 Å². The molecule has 120 valence electrons. The minimum atomic E-state index is -0.797. The summed E-state index contributed by atoms with van der Waals surface area (Å²) in [6.07, 6.45) is -0.797. The third-order valence-corrected chi connectivity index (χ3v) is 3.52. The Morgan fingerprint density at radius 1 is 1.17 bits per heavy atom. The third kappa shape index (κ3) is 3.27. The maximum Gasteiger partial charge on any atom is 0.255 e.